The smallest absolute Gasteiger partial charge is 0.267 e. The van der Waals surface area contributed by atoms with Crippen LogP contribution in [0.2, 0.25) is 0 Å². The number of aryl methyl sites for hydroxylation is 1. The van der Waals surface area contributed by atoms with Crippen molar-refractivity contribution < 1.29 is 4.79 Å². The molecule has 0 saturated carbocycles. The van der Waals surface area contributed by atoms with Crippen LogP contribution in [0.3, 0.4) is 0 Å². The standard InChI is InChI=1S/C20H18N2O/c1-2-15-10-12-16(13-11-15)14-21-22-20(23)19-9-5-7-17-6-3-4-8-18(17)19/h3-14H,2H2,1H3,(H,22,23)/b21-14+. The Balaban J connectivity index is 1.74. The van der Waals surface area contributed by atoms with Gasteiger partial charge in [0.25, 0.3) is 5.91 Å². The van der Waals surface area contributed by atoms with Crippen LogP contribution < -0.4 is 5.43 Å². The van der Waals surface area contributed by atoms with E-state index in [1.54, 1.807) is 6.21 Å². The van der Waals surface area contributed by atoms with Crippen molar-refractivity contribution in [1.29, 1.82) is 0 Å². The summed E-state index contributed by atoms with van der Waals surface area (Å²) in [5.74, 6) is -0.205. The van der Waals surface area contributed by atoms with Crippen molar-refractivity contribution in [2.75, 3.05) is 0 Å². The van der Waals surface area contributed by atoms with E-state index in [0.29, 0.717) is 5.56 Å². The van der Waals surface area contributed by atoms with Gasteiger partial charge in [0.05, 0.1) is 6.21 Å². The third-order valence-corrected chi connectivity index (χ3v) is 3.80. The number of amides is 1. The Morgan fingerprint density at radius 3 is 2.52 bits per heavy atom. The molecule has 1 N–H and O–H groups in total. The van der Waals surface area contributed by atoms with Gasteiger partial charge in [0.1, 0.15) is 0 Å². The van der Waals surface area contributed by atoms with Gasteiger partial charge in [0, 0.05) is 5.56 Å². The molecule has 3 rings (SSSR count). The molecule has 0 bridgehead atoms. The van der Waals surface area contributed by atoms with E-state index < -0.39 is 0 Å². The van der Waals surface area contributed by atoms with Crippen molar-refractivity contribution >= 4 is 22.9 Å². The molecule has 0 aliphatic carbocycles. The van der Waals surface area contributed by atoms with Gasteiger partial charge < -0.3 is 0 Å². The molecule has 0 unspecified atom stereocenters. The SMILES string of the molecule is CCc1ccc(/C=N/NC(=O)c2cccc3ccccc23)cc1. The summed E-state index contributed by atoms with van der Waals surface area (Å²) >= 11 is 0. The molecular weight excluding hydrogens is 284 g/mol. The fourth-order valence-corrected chi connectivity index (χ4v) is 2.49. The van der Waals surface area contributed by atoms with Gasteiger partial charge in [0.2, 0.25) is 0 Å². The molecule has 0 aliphatic rings. The average molecular weight is 302 g/mol. The lowest BCUT2D eigenvalue weighted by Crippen LogP contribution is -2.17. The molecule has 0 heterocycles. The van der Waals surface area contributed by atoms with E-state index in [-0.39, 0.29) is 5.91 Å². The minimum atomic E-state index is -0.205. The average Bonchev–Trinajstić information content (AvgIpc) is 2.61. The van der Waals surface area contributed by atoms with Gasteiger partial charge in [-0.1, -0.05) is 67.6 Å². The molecule has 1 amide bonds. The summed E-state index contributed by atoms with van der Waals surface area (Å²) in [6.07, 6.45) is 2.66. The van der Waals surface area contributed by atoms with Gasteiger partial charge in [-0.3, -0.25) is 4.79 Å². The molecule has 0 aliphatic heterocycles. The third-order valence-electron chi connectivity index (χ3n) is 3.80. The van der Waals surface area contributed by atoms with Crippen molar-refractivity contribution in [2.45, 2.75) is 13.3 Å². The van der Waals surface area contributed by atoms with Crippen LogP contribution in [0.5, 0.6) is 0 Å². The highest BCUT2D eigenvalue weighted by Crippen LogP contribution is 2.18. The predicted molar refractivity (Wildman–Crippen MR) is 94.8 cm³/mol. The molecule has 0 radical (unpaired) electrons. The molecule has 114 valence electrons. The zero-order valence-electron chi connectivity index (χ0n) is 13.0. The Morgan fingerprint density at radius 2 is 1.74 bits per heavy atom. The fourth-order valence-electron chi connectivity index (χ4n) is 2.49. The number of hydrazone groups is 1. The van der Waals surface area contributed by atoms with Gasteiger partial charge in [-0.2, -0.15) is 5.10 Å². The third kappa shape index (κ3) is 3.46. The lowest BCUT2D eigenvalue weighted by molar-refractivity contribution is 0.0957. The molecule has 0 saturated heterocycles. The number of nitrogens with zero attached hydrogens (tertiary/aromatic N) is 1. The van der Waals surface area contributed by atoms with Crippen LogP contribution >= 0.6 is 0 Å². The van der Waals surface area contributed by atoms with E-state index in [0.717, 1.165) is 22.8 Å². The van der Waals surface area contributed by atoms with Crippen LogP contribution in [0.25, 0.3) is 10.8 Å². The number of benzene rings is 3. The highest BCUT2D eigenvalue weighted by molar-refractivity contribution is 6.07. The van der Waals surface area contributed by atoms with Gasteiger partial charge in [-0.15, -0.1) is 0 Å². The second-order valence-corrected chi connectivity index (χ2v) is 5.32. The monoisotopic (exact) mass is 302 g/mol. The second-order valence-electron chi connectivity index (χ2n) is 5.32. The number of nitrogens with one attached hydrogen (secondary N) is 1. The molecule has 0 spiro atoms. The summed E-state index contributed by atoms with van der Waals surface area (Å²) in [6, 6.07) is 21.6. The number of hydrogen-bond donors (Lipinski definition) is 1. The fraction of sp³-hybridized carbons (Fsp3) is 0.100. The van der Waals surface area contributed by atoms with Gasteiger partial charge in [0.15, 0.2) is 0 Å². The predicted octanol–water partition coefficient (Wildman–Crippen LogP) is 4.17. The Kier molecular flexibility index (Phi) is 4.48. The first kappa shape index (κ1) is 15.0. The Hall–Kier alpha value is -2.94. The maximum absolute atomic E-state index is 12.3. The van der Waals surface area contributed by atoms with Crippen LogP contribution in [0.1, 0.15) is 28.4 Å². The molecule has 3 heteroatoms. The Labute approximate surface area is 135 Å². The van der Waals surface area contributed by atoms with Crippen molar-refractivity contribution in [3.8, 4) is 0 Å². The van der Waals surface area contributed by atoms with Crippen molar-refractivity contribution in [3.05, 3.63) is 83.4 Å². The lowest BCUT2D eigenvalue weighted by Gasteiger charge is -2.04. The van der Waals surface area contributed by atoms with E-state index in [1.807, 2.05) is 54.6 Å². The summed E-state index contributed by atoms with van der Waals surface area (Å²) in [6.45, 7) is 2.12. The molecule has 23 heavy (non-hydrogen) atoms. The Bertz CT molecular complexity index is 846. The van der Waals surface area contributed by atoms with Crippen LogP contribution in [0.15, 0.2) is 71.8 Å². The molecule has 3 nitrogen and oxygen atoms in total. The number of carbonyl (C=O) groups is 1. The first-order chi connectivity index (χ1) is 11.3. The van der Waals surface area contributed by atoms with Crippen LogP contribution in [0.4, 0.5) is 0 Å². The largest absolute Gasteiger partial charge is 0.271 e. The Morgan fingerprint density at radius 1 is 1.00 bits per heavy atom. The summed E-state index contributed by atoms with van der Waals surface area (Å²) < 4.78 is 0. The van der Waals surface area contributed by atoms with E-state index in [9.17, 15) is 4.79 Å². The molecule has 3 aromatic rings. The number of carbonyl (C=O) groups excluding carboxylic acids is 1. The van der Waals surface area contributed by atoms with Gasteiger partial charge >= 0.3 is 0 Å². The molecule has 0 aromatic heterocycles. The van der Waals surface area contributed by atoms with Crippen molar-refractivity contribution in [3.63, 3.8) is 0 Å². The van der Waals surface area contributed by atoms with Crippen molar-refractivity contribution in [1.82, 2.24) is 5.43 Å². The van der Waals surface area contributed by atoms with Crippen molar-refractivity contribution in [2.24, 2.45) is 5.10 Å². The molecule has 3 aromatic carbocycles. The number of fused-ring (bicyclic) bond motifs is 1. The van der Waals surface area contributed by atoms with Crippen LogP contribution in [-0.4, -0.2) is 12.1 Å². The van der Waals surface area contributed by atoms with E-state index in [2.05, 4.69) is 29.6 Å². The highest BCUT2D eigenvalue weighted by atomic mass is 16.2. The summed E-state index contributed by atoms with van der Waals surface area (Å²) in [4.78, 5) is 12.3. The first-order valence-electron chi connectivity index (χ1n) is 7.68. The summed E-state index contributed by atoms with van der Waals surface area (Å²) in [5, 5.41) is 6.02. The van der Waals surface area contributed by atoms with Crippen LogP contribution in [0, 0.1) is 0 Å². The second kappa shape index (κ2) is 6.88. The quantitative estimate of drug-likeness (QED) is 0.570. The molecular formula is C20H18N2O. The lowest BCUT2D eigenvalue weighted by atomic mass is 10.0. The van der Waals surface area contributed by atoms with E-state index >= 15 is 0 Å². The number of rotatable bonds is 4. The number of hydrogen-bond acceptors (Lipinski definition) is 2. The van der Waals surface area contributed by atoms with E-state index in [4.69, 9.17) is 0 Å². The normalized spacial score (nSPS) is 11.0. The van der Waals surface area contributed by atoms with Gasteiger partial charge in [-0.05, 0) is 34.4 Å². The minimum absolute atomic E-state index is 0.205. The summed E-state index contributed by atoms with van der Waals surface area (Å²) in [5.41, 5.74) is 5.46. The molecule has 0 fully saturated rings. The maximum Gasteiger partial charge on any atom is 0.271 e. The summed E-state index contributed by atoms with van der Waals surface area (Å²) in [7, 11) is 0. The zero-order chi connectivity index (χ0) is 16.1. The maximum atomic E-state index is 12.3. The first-order valence-corrected chi connectivity index (χ1v) is 7.68. The highest BCUT2D eigenvalue weighted by Gasteiger charge is 2.08. The van der Waals surface area contributed by atoms with Gasteiger partial charge in [-0.25, -0.2) is 5.43 Å². The molecule has 0 atom stereocenters. The topological polar surface area (TPSA) is 41.5 Å². The van der Waals surface area contributed by atoms with Crippen LogP contribution in [-0.2, 0) is 6.42 Å². The van der Waals surface area contributed by atoms with E-state index in [1.165, 1.54) is 5.56 Å². The minimum Gasteiger partial charge on any atom is -0.267 e. The zero-order valence-corrected chi connectivity index (χ0v) is 13.0.